The van der Waals surface area contributed by atoms with E-state index < -0.39 is 5.97 Å². The molecule has 0 saturated carbocycles. The average molecular weight is 311 g/mol. The van der Waals surface area contributed by atoms with Crippen molar-refractivity contribution in [1.29, 1.82) is 0 Å². The van der Waals surface area contributed by atoms with Crippen molar-refractivity contribution in [1.82, 2.24) is 15.8 Å². The molecular formula is C13H17N3O4S. The summed E-state index contributed by atoms with van der Waals surface area (Å²) in [6.45, 7) is 1.30. The number of aliphatic carboxylic acids is 1. The fraction of sp³-hybridized carbons (Fsp3) is 0.462. The molecule has 0 atom stereocenters. The number of thiophene rings is 1. The second-order valence-corrected chi connectivity index (χ2v) is 5.82. The number of amides is 2. The monoisotopic (exact) mass is 311 g/mol. The lowest BCUT2D eigenvalue weighted by atomic mass is 9.97. The molecule has 2 amide bonds. The molecule has 1 aliphatic heterocycles. The molecule has 3 N–H and O–H groups in total. The van der Waals surface area contributed by atoms with Crippen LogP contribution in [0.25, 0.3) is 0 Å². The summed E-state index contributed by atoms with van der Waals surface area (Å²) in [5.74, 6) is -1.75. The lowest BCUT2D eigenvalue weighted by Gasteiger charge is -2.29. The Kier molecular flexibility index (Phi) is 5.29. The number of rotatable bonds is 4. The van der Waals surface area contributed by atoms with Crippen molar-refractivity contribution in [3.63, 3.8) is 0 Å². The van der Waals surface area contributed by atoms with Crippen LogP contribution in [0.1, 0.15) is 22.5 Å². The molecule has 2 heterocycles. The SMILES string of the molecule is O=C(CN1CCC(C(=O)O)CC1)NNC(=O)c1cccs1. The van der Waals surface area contributed by atoms with Crippen LogP contribution < -0.4 is 10.9 Å². The number of hydrogen-bond acceptors (Lipinski definition) is 5. The van der Waals surface area contributed by atoms with E-state index in [0.29, 0.717) is 30.8 Å². The Hall–Kier alpha value is -1.93. The van der Waals surface area contributed by atoms with Crippen LogP contribution in [0.2, 0.25) is 0 Å². The largest absolute Gasteiger partial charge is 0.481 e. The molecule has 0 unspecified atom stereocenters. The predicted molar refractivity (Wildman–Crippen MR) is 76.7 cm³/mol. The molecule has 21 heavy (non-hydrogen) atoms. The summed E-state index contributed by atoms with van der Waals surface area (Å²) in [6, 6.07) is 3.43. The smallest absolute Gasteiger partial charge is 0.306 e. The molecule has 2 rings (SSSR count). The molecule has 114 valence electrons. The Labute approximate surface area is 125 Å². The fourth-order valence-corrected chi connectivity index (χ4v) is 2.80. The molecule has 1 fully saturated rings. The fourth-order valence-electron chi connectivity index (χ4n) is 2.18. The molecule has 0 aromatic carbocycles. The first-order valence-corrected chi connectivity index (χ1v) is 7.52. The Bertz CT molecular complexity index is 509. The first-order valence-electron chi connectivity index (χ1n) is 6.64. The van der Waals surface area contributed by atoms with Gasteiger partial charge < -0.3 is 5.11 Å². The summed E-state index contributed by atoms with van der Waals surface area (Å²) in [5.41, 5.74) is 4.71. The lowest BCUT2D eigenvalue weighted by Crippen LogP contribution is -2.48. The number of hydrogen-bond donors (Lipinski definition) is 3. The summed E-state index contributed by atoms with van der Waals surface area (Å²) in [5, 5.41) is 10.7. The lowest BCUT2D eigenvalue weighted by molar-refractivity contribution is -0.143. The molecule has 0 spiro atoms. The van der Waals surface area contributed by atoms with Gasteiger partial charge >= 0.3 is 5.97 Å². The maximum absolute atomic E-state index is 11.7. The van der Waals surface area contributed by atoms with Crippen LogP contribution in [0, 0.1) is 5.92 Å². The van der Waals surface area contributed by atoms with Gasteiger partial charge in [0, 0.05) is 0 Å². The standard InChI is InChI=1S/C13H17N3O4S/c17-11(14-15-12(18)10-2-1-7-21-10)8-16-5-3-9(4-6-16)13(19)20/h1-2,7,9H,3-6,8H2,(H,14,17)(H,15,18)(H,19,20). The van der Waals surface area contributed by atoms with Crippen molar-refractivity contribution in [2.75, 3.05) is 19.6 Å². The third kappa shape index (κ3) is 4.54. The van der Waals surface area contributed by atoms with Gasteiger partial charge in [0.25, 0.3) is 11.8 Å². The maximum Gasteiger partial charge on any atom is 0.306 e. The highest BCUT2D eigenvalue weighted by molar-refractivity contribution is 7.12. The van der Waals surface area contributed by atoms with Crippen LogP contribution in [-0.2, 0) is 9.59 Å². The second-order valence-electron chi connectivity index (χ2n) is 4.87. The molecule has 8 heteroatoms. The molecule has 1 saturated heterocycles. The van der Waals surface area contributed by atoms with Crippen LogP contribution >= 0.6 is 11.3 Å². The summed E-state index contributed by atoms with van der Waals surface area (Å²) in [4.78, 5) is 36.6. The van der Waals surface area contributed by atoms with Gasteiger partial charge in [0.1, 0.15) is 0 Å². The van der Waals surface area contributed by atoms with E-state index in [-0.39, 0.29) is 24.3 Å². The average Bonchev–Trinajstić information content (AvgIpc) is 2.99. The highest BCUT2D eigenvalue weighted by Gasteiger charge is 2.25. The summed E-state index contributed by atoms with van der Waals surface area (Å²) < 4.78 is 0. The zero-order chi connectivity index (χ0) is 15.2. The van der Waals surface area contributed by atoms with Crippen molar-refractivity contribution < 1.29 is 19.5 Å². The normalized spacial score (nSPS) is 16.4. The van der Waals surface area contributed by atoms with Crippen LogP contribution in [0.15, 0.2) is 17.5 Å². The van der Waals surface area contributed by atoms with Crippen molar-refractivity contribution in [2.45, 2.75) is 12.8 Å². The second kappa shape index (κ2) is 7.19. The van der Waals surface area contributed by atoms with Gasteiger partial charge in [-0.1, -0.05) is 6.07 Å². The number of piperidine rings is 1. The van der Waals surface area contributed by atoms with E-state index in [1.807, 2.05) is 4.90 Å². The maximum atomic E-state index is 11.7. The highest BCUT2D eigenvalue weighted by Crippen LogP contribution is 2.16. The molecule has 7 nitrogen and oxygen atoms in total. The van der Waals surface area contributed by atoms with Crippen LogP contribution in [-0.4, -0.2) is 47.4 Å². The molecule has 1 aromatic heterocycles. The van der Waals surface area contributed by atoms with Gasteiger partial charge in [-0.25, -0.2) is 0 Å². The van der Waals surface area contributed by atoms with Gasteiger partial charge in [-0.05, 0) is 37.4 Å². The minimum atomic E-state index is -0.776. The third-order valence-corrected chi connectivity index (χ3v) is 4.23. The number of carbonyl (C=O) groups excluding carboxylic acids is 2. The summed E-state index contributed by atoms with van der Waals surface area (Å²) in [6.07, 6.45) is 1.09. The molecular weight excluding hydrogens is 294 g/mol. The first-order chi connectivity index (χ1) is 10.1. The van der Waals surface area contributed by atoms with Crippen molar-refractivity contribution >= 4 is 29.1 Å². The Morgan fingerprint density at radius 1 is 1.29 bits per heavy atom. The van der Waals surface area contributed by atoms with E-state index in [0.717, 1.165) is 0 Å². The first kappa shape index (κ1) is 15.5. The zero-order valence-corrected chi connectivity index (χ0v) is 12.2. The van der Waals surface area contributed by atoms with E-state index >= 15 is 0 Å². The molecule has 1 aromatic rings. The predicted octanol–water partition coefficient (Wildman–Crippen LogP) is 0.306. The van der Waals surface area contributed by atoms with Crippen LogP contribution in [0.5, 0.6) is 0 Å². The molecule has 0 bridgehead atoms. The van der Waals surface area contributed by atoms with Gasteiger partial charge in [-0.2, -0.15) is 0 Å². The van der Waals surface area contributed by atoms with Crippen molar-refractivity contribution in [3.05, 3.63) is 22.4 Å². The van der Waals surface area contributed by atoms with E-state index in [4.69, 9.17) is 5.11 Å². The van der Waals surface area contributed by atoms with Crippen LogP contribution in [0.3, 0.4) is 0 Å². The minimum absolute atomic E-state index is 0.150. The van der Waals surface area contributed by atoms with Gasteiger partial charge in [0.05, 0.1) is 17.3 Å². The van der Waals surface area contributed by atoms with Crippen molar-refractivity contribution in [2.24, 2.45) is 5.92 Å². The van der Waals surface area contributed by atoms with Crippen LogP contribution in [0.4, 0.5) is 0 Å². The summed E-state index contributed by atoms with van der Waals surface area (Å²) in [7, 11) is 0. The number of carboxylic acids is 1. The van der Waals surface area contributed by atoms with Gasteiger partial charge in [-0.3, -0.25) is 30.1 Å². The number of nitrogens with zero attached hydrogens (tertiary/aromatic N) is 1. The van der Waals surface area contributed by atoms with Gasteiger partial charge in [0.2, 0.25) is 0 Å². The van der Waals surface area contributed by atoms with Crippen molar-refractivity contribution in [3.8, 4) is 0 Å². The zero-order valence-electron chi connectivity index (χ0n) is 11.4. The number of carboxylic acid groups (broad SMARTS) is 1. The van der Waals surface area contributed by atoms with E-state index in [2.05, 4.69) is 10.9 Å². The summed E-state index contributed by atoms with van der Waals surface area (Å²) >= 11 is 1.29. The molecule has 1 aliphatic rings. The number of likely N-dealkylation sites (tertiary alicyclic amines) is 1. The number of hydrazine groups is 1. The van der Waals surface area contributed by atoms with Gasteiger partial charge in [-0.15, -0.1) is 11.3 Å². The molecule has 0 radical (unpaired) electrons. The highest BCUT2D eigenvalue weighted by atomic mass is 32.1. The Morgan fingerprint density at radius 2 is 2.00 bits per heavy atom. The number of nitrogens with one attached hydrogen (secondary N) is 2. The molecule has 0 aliphatic carbocycles. The topological polar surface area (TPSA) is 98.7 Å². The quantitative estimate of drug-likeness (QED) is 0.695. The Balaban J connectivity index is 1.68. The minimum Gasteiger partial charge on any atom is -0.481 e. The van der Waals surface area contributed by atoms with Gasteiger partial charge in [0.15, 0.2) is 0 Å². The third-order valence-electron chi connectivity index (χ3n) is 3.36. The Morgan fingerprint density at radius 3 is 2.57 bits per heavy atom. The van der Waals surface area contributed by atoms with E-state index in [1.54, 1.807) is 17.5 Å². The van der Waals surface area contributed by atoms with E-state index in [1.165, 1.54) is 11.3 Å². The van der Waals surface area contributed by atoms with E-state index in [9.17, 15) is 14.4 Å². The number of carbonyl (C=O) groups is 3.